The van der Waals surface area contributed by atoms with Crippen LogP contribution >= 0.6 is 27.5 Å². The number of nitro benzene ring substituents is 1. The number of non-ortho nitro benzene ring substituents is 1. The Morgan fingerprint density at radius 2 is 1.96 bits per heavy atom. The number of hydrogen-bond donors (Lipinski definition) is 0. The second-order valence-electron chi connectivity index (χ2n) is 5.08. The lowest BCUT2D eigenvalue weighted by Crippen LogP contribution is -2.03. The number of aromatic nitrogens is 2. The standard InChI is InChI=1S/C16H11BrClN3O4/c1-9(24-14-7-4-11(18)8-13(14)17)15-19-20-16(25-15)10-2-5-12(6-3-10)21(22)23/h2-9H,1H3/t9-/m1/s1. The third-order valence-corrected chi connectivity index (χ3v) is 4.17. The fraction of sp³-hybridized carbons (Fsp3) is 0.125. The third-order valence-electron chi connectivity index (χ3n) is 3.31. The molecule has 3 aromatic rings. The molecule has 1 heterocycles. The third kappa shape index (κ3) is 3.97. The summed E-state index contributed by atoms with van der Waals surface area (Å²) in [6, 6.07) is 11.0. The summed E-state index contributed by atoms with van der Waals surface area (Å²) in [4.78, 5) is 10.2. The highest BCUT2D eigenvalue weighted by molar-refractivity contribution is 9.10. The van der Waals surface area contributed by atoms with Gasteiger partial charge >= 0.3 is 0 Å². The first-order valence-electron chi connectivity index (χ1n) is 7.14. The molecule has 0 saturated heterocycles. The van der Waals surface area contributed by atoms with Gasteiger partial charge in [0, 0.05) is 22.7 Å². The van der Waals surface area contributed by atoms with E-state index in [4.69, 9.17) is 20.8 Å². The van der Waals surface area contributed by atoms with Crippen LogP contribution in [-0.4, -0.2) is 15.1 Å². The summed E-state index contributed by atoms with van der Waals surface area (Å²) >= 11 is 9.28. The van der Waals surface area contributed by atoms with E-state index < -0.39 is 11.0 Å². The van der Waals surface area contributed by atoms with Crippen LogP contribution in [0.25, 0.3) is 11.5 Å². The quantitative estimate of drug-likeness (QED) is 0.413. The Balaban J connectivity index is 1.77. The van der Waals surface area contributed by atoms with Crippen molar-refractivity contribution in [2.45, 2.75) is 13.0 Å². The van der Waals surface area contributed by atoms with E-state index in [1.165, 1.54) is 12.1 Å². The summed E-state index contributed by atoms with van der Waals surface area (Å²) in [5.74, 6) is 1.14. The second-order valence-corrected chi connectivity index (χ2v) is 6.38. The average molecular weight is 425 g/mol. The maximum Gasteiger partial charge on any atom is 0.269 e. The average Bonchev–Trinajstić information content (AvgIpc) is 3.07. The highest BCUT2D eigenvalue weighted by Crippen LogP contribution is 2.32. The molecule has 0 aliphatic carbocycles. The van der Waals surface area contributed by atoms with Crippen LogP contribution in [0, 0.1) is 10.1 Å². The van der Waals surface area contributed by atoms with E-state index in [9.17, 15) is 10.1 Å². The van der Waals surface area contributed by atoms with Gasteiger partial charge in [0.15, 0.2) is 6.10 Å². The Morgan fingerprint density at radius 1 is 1.24 bits per heavy atom. The van der Waals surface area contributed by atoms with Gasteiger partial charge in [0.1, 0.15) is 5.75 Å². The zero-order valence-electron chi connectivity index (χ0n) is 12.8. The smallest absolute Gasteiger partial charge is 0.269 e. The molecule has 0 radical (unpaired) electrons. The summed E-state index contributed by atoms with van der Waals surface area (Å²) in [6.07, 6.45) is -0.489. The molecular formula is C16H11BrClN3O4. The van der Waals surface area contributed by atoms with E-state index in [-0.39, 0.29) is 17.5 Å². The highest BCUT2D eigenvalue weighted by atomic mass is 79.9. The molecule has 0 fully saturated rings. The molecule has 7 nitrogen and oxygen atoms in total. The molecule has 9 heteroatoms. The van der Waals surface area contributed by atoms with Crippen LogP contribution in [0.4, 0.5) is 5.69 Å². The Labute approximate surface area is 155 Å². The van der Waals surface area contributed by atoms with Gasteiger partial charge in [-0.1, -0.05) is 11.6 Å². The Kier molecular flexibility index (Phi) is 5.00. The lowest BCUT2D eigenvalue weighted by Gasteiger charge is -2.12. The Bertz CT molecular complexity index is 914. The lowest BCUT2D eigenvalue weighted by molar-refractivity contribution is -0.384. The number of rotatable bonds is 5. The molecule has 0 aliphatic heterocycles. The first-order chi connectivity index (χ1) is 11.9. The van der Waals surface area contributed by atoms with Crippen molar-refractivity contribution in [3.8, 4) is 17.2 Å². The molecule has 25 heavy (non-hydrogen) atoms. The molecule has 0 amide bonds. The molecule has 1 atom stereocenters. The van der Waals surface area contributed by atoms with Gasteiger partial charge in [-0.05, 0) is 53.2 Å². The van der Waals surface area contributed by atoms with Crippen molar-refractivity contribution in [3.63, 3.8) is 0 Å². The first-order valence-corrected chi connectivity index (χ1v) is 8.31. The molecular weight excluding hydrogens is 414 g/mol. The zero-order chi connectivity index (χ0) is 18.0. The monoisotopic (exact) mass is 423 g/mol. The van der Waals surface area contributed by atoms with Gasteiger partial charge in [0.05, 0.1) is 9.40 Å². The summed E-state index contributed by atoms with van der Waals surface area (Å²) in [6.45, 7) is 1.77. The summed E-state index contributed by atoms with van der Waals surface area (Å²) < 4.78 is 12.1. The SMILES string of the molecule is C[C@@H](Oc1ccc(Cl)cc1Br)c1nnc(-c2ccc([N+](=O)[O-])cc2)o1. The normalized spacial score (nSPS) is 12.0. The Morgan fingerprint density at radius 3 is 2.60 bits per heavy atom. The number of nitrogens with zero attached hydrogens (tertiary/aromatic N) is 3. The minimum atomic E-state index is -0.489. The van der Waals surface area contributed by atoms with Gasteiger partial charge in [-0.2, -0.15) is 0 Å². The van der Waals surface area contributed by atoms with E-state index in [1.807, 2.05) is 0 Å². The van der Waals surface area contributed by atoms with Gasteiger partial charge < -0.3 is 9.15 Å². The van der Waals surface area contributed by atoms with Crippen molar-refractivity contribution in [2.24, 2.45) is 0 Å². The maximum atomic E-state index is 10.7. The van der Waals surface area contributed by atoms with Crippen LogP contribution in [0.15, 0.2) is 51.4 Å². The van der Waals surface area contributed by atoms with E-state index in [0.717, 1.165) is 0 Å². The maximum absolute atomic E-state index is 10.7. The number of hydrogen-bond acceptors (Lipinski definition) is 6. The lowest BCUT2D eigenvalue weighted by atomic mass is 10.2. The number of halogens is 2. The van der Waals surface area contributed by atoms with Crippen LogP contribution in [0.3, 0.4) is 0 Å². The van der Waals surface area contributed by atoms with E-state index in [0.29, 0.717) is 20.8 Å². The topological polar surface area (TPSA) is 91.3 Å². The van der Waals surface area contributed by atoms with E-state index in [2.05, 4.69) is 26.1 Å². The first kappa shape index (κ1) is 17.4. The van der Waals surface area contributed by atoms with Crippen molar-refractivity contribution in [1.82, 2.24) is 10.2 Å². The predicted molar refractivity (Wildman–Crippen MR) is 94.6 cm³/mol. The number of benzene rings is 2. The van der Waals surface area contributed by atoms with E-state index >= 15 is 0 Å². The van der Waals surface area contributed by atoms with Crippen molar-refractivity contribution < 1.29 is 14.1 Å². The van der Waals surface area contributed by atoms with E-state index in [1.54, 1.807) is 37.3 Å². The van der Waals surface area contributed by atoms with Gasteiger partial charge in [0.2, 0.25) is 5.89 Å². The van der Waals surface area contributed by atoms with Crippen molar-refractivity contribution in [2.75, 3.05) is 0 Å². The van der Waals surface area contributed by atoms with Crippen molar-refractivity contribution in [1.29, 1.82) is 0 Å². The number of ether oxygens (including phenoxy) is 1. The molecule has 0 saturated carbocycles. The fourth-order valence-electron chi connectivity index (χ4n) is 2.05. The van der Waals surface area contributed by atoms with Gasteiger partial charge in [0.25, 0.3) is 11.6 Å². The van der Waals surface area contributed by atoms with Crippen LogP contribution in [-0.2, 0) is 0 Å². The summed E-state index contributed by atoms with van der Waals surface area (Å²) in [5.41, 5.74) is 0.581. The summed E-state index contributed by atoms with van der Waals surface area (Å²) in [7, 11) is 0. The van der Waals surface area contributed by atoms with Crippen LogP contribution in [0.2, 0.25) is 5.02 Å². The zero-order valence-corrected chi connectivity index (χ0v) is 15.2. The number of nitro groups is 1. The molecule has 0 bridgehead atoms. The molecule has 0 unspecified atom stereocenters. The fourth-order valence-corrected chi connectivity index (χ4v) is 2.83. The van der Waals surface area contributed by atoms with Crippen molar-refractivity contribution >= 4 is 33.2 Å². The van der Waals surface area contributed by atoms with Crippen LogP contribution in [0.1, 0.15) is 18.9 Å². The Hall–Kier alpha value is -2.45. The molecule has 3 rings (SSSR count). The largest absolute Gasteiger partial charge is 0.480 e. The van der Waals surface area contributed by atoms with Gasteiger partial charge in [-0.15, -0.1) is 10.2 Å². The molecule has 0 N–H and O–H groups in total. The minimum Gasteiger partial charge on any atom is -0.480 e. The molecule has 2 aromatic carbocycles. The van der Waals surface area contributed by atoms with Crippen LogP contribution < -0.4 is 4.74 Å². The second kappa shape index (κ2) is 7.20. The van der Waals surface area contributed by atoms with Gasteiger partial charge in [-0.3, -0.25) is 10.1 Å². The molecule has 128 valence electrons. The highest BCUT2D eigenvalue weighted by Gasteiger charge is 2.18. The molecule has 0 spiro atoms. The van der Waals surface area contributed by atoms with Crippen LogP contribution in [0.5, 0.6) is 5.75 Å². The predicted octanol–water partition coefficient (Wildman–Crippen LogP) is 5.20. The molecule has 0 aliphatic rings. The molecule has 1 aromatic heterocycles. The minimum absolute atomic E-state index is 0.00669. The van der Waals surface area contributed by atoms with Crippen molar-refractivity contribution in [3.05, 3.63) is 68.0 Å². The summed E-state index contributed by atoms with van der Waals surface area (Å²) in [5, 5.41) is 19.2. The van der Waals surface area contributed by atoms with Gasteiger partial charge in [-0.25, -0.2) is 0 Å².